The van der Waals surface area contributed by atoms with Gasteiger partial charge in [0.15, 0.2) is 6.04 Å². The second-order valence-electron chi connectivity index (χ2n) is 3.77. The minimum Gasteiger partial charge on any atom is -0.479 e. The van der Waals surface area contributed by atoms with Gasteiger partial charge in [-0.1, -0.05) is 12.1 Å². The predicted octanol–water partition coefficient (Wildman–Crippen LogP) is 2.91. The van der Waals surface area contributed by atoms with E-state index in [1.54, 1.807) is 35.7 Å². The average Bonchev–Trinajstić information content (AvgIpc) is 2.88. The third-order valence-electron chi connectivity index (χ3n) is 2.44. The van der Waals surface area contributed by atoms with E-state index in [0.29, 0.717) is 10.4 Å². The molecule has 1 aromatic heterocycles. The molecule has 2 N–H and O–H groups in total. The van der Waals surface area contributed by atoms with E-state index >= 15 is 0 Å². The summed E-state index contributed by atoms with van der Waals surface area (Å²) in [6, 6.07) is 9.44. The first-order chi connectivity index (χ1) is 9.08. The van der Waals surface area contributed by atoms with Crippen LogP contribution in [-0.2, 0) is 4.79 Å². The maximum absolute atomic E-state index is 12.0. The van der Waals surface area contributed by atoms with Gasteiger partial charge in [-0.05, 0) is 52.2 Å². The summed E-state index contributed by atoms with van der Waals surface area (Å²) in [6.45, 7) is 0. The molecule has 1 amide bonds. The number of thiophene rings is 1. The van der Waals surface area contributed by atoms with Crippen molar-refractivity contribution in [2.45, 2.75) is 6.04 Å². The number of carbonyl (C=O) groups is 2. The largest absolute Gasteiger partial charge is 0.479 e. The number of halogens is 1. The van der Waals surface area contributed by atoms with Gasteiger partial charge in [-0.15, -0.1) is 11.3 Å². The Hall–Kier alpha value is -1.41. The van der Waals surface area contributed by atoms with Crippen molar-refractivity contribution in [1.29, 1.82) is 0 Å². The predicted molar refractivity (Wildman–Crippen MR) is 81.3 cm³/mol. The molecule has 0 bridgehead atoms. The highest BCUT2D eigenvalue weighted by Crippen LogP contribution is 2.20. The minimum atomic E-state index is -1.07. The lowest BCUT2D eigenvalue weighted by atomic mass is 10.2. The molecule has 19 heavy (non-hydrogen) atoms. The molecule has 0 saturated heterocycles. The summed E-state index contributed by atoms with van der Waals surface area (Å²) in [6.07, 6.45) is 0. The van der Waals surface area contributed by atoms with Gasteiger partial charge in [-0.25, -0.2) is 4.79 Å². The highest BCUT2D eigenvalue weighted by Gasteiger charge is 2.23. The summed E-state index contributed by atoms with van der Waals surface area (Å²) < 4.78 is 0.924. The van der Waals surface area contributed by atoms with Crippen molar-refractivity contribution in [3.8, 4) is 0 Å². The van der Waals surface area contributed by atoms with Crippen molar-refractivity contribution in [2.75, 3.05) is 0 Å². The fraction of sp³-hybridized carbons (Fsp3) is 0.0769. The van der Waals surface area contributed by atoms with Gasteiger partial charge in [-0.2, -0.15) is 0 Å². The summed E-state index contributed by atoms with van der Waals surface area (Å²) in [5.41, 5.74) is 0.453. The molecule has 1 unspecified atom stereocenters. The van der Waals surface area contributed by atoms with Crippen molar-refractivity contribution in [2.24, 2.45) is 0 Å². The molecule has 1 heterocycles. The number of benzene rings is 1. The lowest BCUT2D eigenvalue weighted by Gasteiger charge is -2.13. The Bertz CT molecular complexity index is 598. The van der Waals surface area contributed by atoms with Gasteiger partial charge in [-0.3, -0.25) is 4.79 Å². The van der Waals surface area contributed by atoms with E-state index in [0.717, 1.165) is 3.57 Å². The van der Waals surface area contributed by atoms with Crippen LogP contribution in [0.25, 0.3) is 0 Å². The molecule has 0 fully saturated rings. The zero-order valence-corrected chi connectivity index (χ0v) is 12.6. The van der Waals surface area contributed by atoms with Crippen LogP contribution < -0.4 is 5.32 Å². The molecule has 0 aliphatic rings. The Morgan fingerprint density at radius 3 is 2.63 bits per heavy atom. The van der Waals surface area contributed by atoms with Crippen LogP contribution >= 0.6 is 33.9 Å². The highest BCUT2D eigenvalue weighted by atomic mass is 127. The number of rotatable bonds is 4. The Kier molecular flexibility index (Phi) is 4.54. The van der Waals surface area contributed by atoms with Crippen molar-refractivity contribution < 1.29 is 14.7 Å². The Morgan fingerprint density at radius 2 is 2.05 bits per heavy atom. The molecule has 1 aromatic carbocycles. The van der Waals surface area contributed by atoms with Gasteiger partial charge in [0.05, 0.1) is 0 Å². The Labute approximate surface area is 127 Å². The summed E-state index contributed by atoms with van der Waals surface area (Å²) >= 11 is 3.40. The fourth-order valence-corrected chi connectivity index (χ4v) is 2.86. The van der Waals surface area contributed by atoms with Gasteiger partial charge in [0.2, 0.25) is 0 Å². The van der Waals surface area contributed by atoms with Crippen molar-refractivity contribution in [3.05, 3.63) is 55.8 Å². The standard InChI is InChI=1S/C13H10INO3S/c14-9-4-1-3-8(7-9)12(16)15-11(13(17)18)10-5-2-6-19-10/h1-7,11H,(H,15,16)(H,17,18). The van der Waals surface area contributed by atoms with E-state index in [4.69, 9.17) is 0 Å². The van der Waals surface area contributed by atoms with E-state index in [2.05, 4.69) is 27.9 Å². The molecular weight excluding hydrogens is 377 g/mol. The van der Waals surface area contributed by atoms with Crippen LogP contribution in [0.2, 0.25) is 0 Å². The van der Waals surface area contributed by atoms with Crippen LogP contribution in [0.1, 0.15) is 21.3 Å². The molecule has 98 valence electrons. The number of carboxylic acids is 1. The summed E-state index contributed by atoms with van der Waals surface area (Å²) in [5.74, 6) is -1.46. The molecule has 2 aromatic rings. The first-order valence-electron chi connectivity index (χ1n) is 5.40. The van der Waals surface area contributed by atoms with E-state index in [1.165, 1.54) is 11.3 Å². The smallest absolute Gasteiger partial charge is 0.331 e. The fourth-order valence-electron chi connectivity index (χ4n) is 1.55. The number of hydrogen-bond donors (Lipinski definition) is 2. The molecule has 4 nitrogen and oxygen atoms in total. The molecule has 1 atom stereocenters. The number of carboxylic acid groups (broad SMARTS) is 1. The van der Waals surface area contributed by atoms with E-state index in [-0.39, 0.29) is 5.91 Å². The van der Waals surface area contributed by atoms with Crippen LogP contribution in [0.4, 0.5) is 0 Å². The van der Waals surface area contributed by atoms with Crippen LogP contribution in [0.5, 0.6) is 0 Å². The van der Waals surface area contributed by atoms with E-state index < -0.39 is 12.0 Å². The summed E-state index contributed by atoms with van der Waals surface area (Å²) in [5, 5.41) is 13.5. The van der Waals surface area contributed by atoms with Gasteiger partial charge < -0.3 is 10.4 Å². The van der Waals surface area contributed by atoms with Crippen molar-refractivity contribution >= 4 is 45.8 Å². The quantitative estimate of drug-likeness (QED) is 0.793. The van der Waals surface area contributed by atoms with E-state index in [9.17, 15) is 14.7 Å². The van der Waals surface area contributed by atoms with Gasteiger partial charge in [0.1, 0.15) is 0 Å². The first-order valence-corrected chi connectivity index (χ1v) is 7.36. The van der Waals surface area contributed by atoms with Crippen LogP contribution in [0.15, 0.2) is 41.8 Å². The number of hydrogen-bond acceptors (Lipinski definition) is 3. The monoisotopic (exact) mass is 387 g/mol. The second-order valence-corrected chi connectivity index (χ2v) is 6.00. The molecule has 6 heteroatoms. The van der Waals surface area contributed by atoms with Crippen molar-refractivity contribution in [3.63, 3.8) is 0 Å². The summed E-state index contributed by atoms with van der Waals surface area (Å²) in [4.78, 5) is 23.9. The van der Waals surface area contributed by atoms with E-state index in [1.807, 2.05) is 6.07 Å². The molecule has 2 rings (SSSR count). The number of nitrogens with one attached hydrogen (secondary N) is 1. The van der Waals surface area contributed by atoms with Gasteiger partial charge in [0.25, 0.3) is 5.91 Å². The number of aliphatic carboxylic acids is 1. The highest BCUT2D eigenvalue weighted by molar-refractivity contribution is 14.1. The van der Waals surface area contributed by atoms with Crippen molar-refractivity contribution in [1.82, 2.24) is 5.32 Å². The zero-order chi connectivity index (χ0) is 13.8. The molecule has 0 aliphatic carbocycles. The third-order valence-corrected chi connectivity index (χ3v) is 4.05. The topological polar surface area (TPSA) is 66.4 Å². The maximum atomic E-state index is 12.0. The van der Waals surface area contributed by atoms with Gasteiger partial charge >= 0.3 is 5.97 Å². The maximum Gasteiger partial charge on any atom is 0.331 e. The van der Waals surface area contributed by atoms with Crippen LogP contribution in [0.3, 0.4) is 0 Å². The Balaban J connectivity index is 2.19. The molecule has 0 saturated carbocycles. The van der Waals surface area contributed by atoms with Crippen LogP contribution in [-0.4, -0.2) is 17.0 Å². The first kappa shape index (κ1) is 14.0. The SMILES string of the molecule is O=C(NC(C(=O)O)c1cccs1)c1cccc(I)c1. The summed E-state index contributed by atoms with van der Waals surface area (Å²) in [7, 11) is 0. The van der Waals surface area contributed by atoms with Gasteiger partial charge in [0, 0.05) is 14.0 Å². The number of carbonyl (C=O) groups excluding carboxylic acids is 1. The average molecular weight is 387 g/mol. The number of amides is 1. The molecule has 0 aliphatic heterocycles. The second kappa shape index (κ2) is 6.16. The minimum absolute atomic E-state index is 0.390. The zero-order valence-electron chi connectivity index (χ0n) is 9.67. The normalized spacial score (nSPS) is 11.8. The third kappa shape index (κ3) is 3.54. The molecule has 0 spiro atoms. The lowest BCUT2D eigenvalue weighted by Crippen LogP contribution is -2.33. The molecular formula is C13H10INO3S. The van der Waals surface area contributed by atoms with Crippen LogP contribution in [0, 0.1) is 3.57 Å². The lowest BCUT2D eigenvalue weighted by molar-refractivity contribution is -0.139. The Morgan fingerprint density at radius 1 is 1.26 bits per heavy atom. The molecule has 0 radical (unpaired) electrons.